The van der Waals surface area contributed by atoms with Gasteiger partial charge in [-0.25, -0.2) is 0 Å². The number of carbonyl (C=O) groups is 1. The number of Topliss-reactive ketones (excluding diaryl/α,β-unsaturated/α-hetero) is 1. The van der Waals surface area contributed by atoms with Gasteiger partial charge in [0, 0.05) is 11.8 Å². The van der Waals surface area contributed by atoms with Crippen LogP contribution in [0, 0.1) is 45.3 Å². The van der Waals surface area contributed by atoms with Crippen molar-refractivity contribution in [3.8, 4) is 0 Å². The molecule has 4 bridgehead atoms. The molecule has 2 nitrogen and oxygen atoms in total. The van der Waals surface area contributed by atoms with Gasteiger partial charge in [-0.15, -0.1) is 0 Å². The van der Waals surface area contributed by atoms with Crippen LogP contribution in [-0.4, -0.2) is 17.0 Å². The largest absolute Gasteiger partial charge is 0.393 e. The third kappa shape index (κ3) is 3.61. The third-order valence-corrected chi connectivity index (χ3v) is 11.4. The predicted molar refractivity (Wildman–Crippen MR) is 126 cm³/mol. The van der Waals surface area contributed by atoms with Crippen LogP contribution in [0.5, 0.6) is 0 Å². The molecule has 2 heteroatoms. The van der Waals surface area contributed by atoms with E-state index >= 15 is 0 Å². The first-order valence-corrected chi connectivity index (χ1v) is 13.1. The normalized spacial score (nSPS) is 43.0. The number of fused-ring (bicyclic) bond motifs is 6. The second-order valence-electron chi connectivity index (χ2n) is 13.1. The first-order valence-electron chi connectivity index (χ1n) is 13.1. The molecule has 6 fully saturated rings. The Morgan fingerprint density at radius 3 is 1.47 bits per heavy atom. The highest BCUT2D eigenvalue weighted by Gasteiger charge is 2.57. The maximum Gasteiger partial charge on any atom is 0.139 e. The highest BCUT2D eigenvalue weighted by molar-refractivity contribution is 5.87. The Morgan fingerprint density at radius 2 is 1.13 bits per heavy atom. The fraction of sp³-hybridized carbons (Fsp3) is 0.964. The van der Waals surface area contributed by atoms with Gasteiger partial charge in [0.15, 0.2) is 0 Å². The zero-order valence-electron chi connectivity index (χ0n) is 21.3. The molecule has 0 saturated heterocycles. The van der Waals surface area contributed by atoms with Crippen LogP contribution < -0.4 is 0 Å². The van der Waals surface area contributed by atoms with Crippen molar-refractivity contribution in [3.63, 3.8) is 0 Å². The summed E-state index contributed by atoms with van der Waals surface area (Å²) >= 11 is 0. The van der Waals surface area contributed by atoms with Crippen molar-refractivity contribution < 1.29 is 9.90 Å². The summed E-state index contributed by atoms with van der Waals surface area (Å²) in [4.78, 5) is 12.3. The maximum absolute atomic E-state index is 12.3. The number of hydrogen-bond donors (Lipinski definition) is 1. The molecule has 0 aromatic rings. The SMILES string of the molecule is CC(C)C12CCC(C(C)C)(CC1)C(=O)C2.CC(C)C12CCC(C(C)C)(CC1)C(O)C2. The Labute approximate surface area is 187 Å². The van der Waals surface area contributed by atoms with Crippen molar-refractivity contribution in [1.82, 2.24) is 0 Å². The summed E-state index contributed by atoms with van der Waals surface area (Å²) in [6, 6.07) is 0. The number of ketones is 1. The second kappa shape index (κ2) is 8.20. The number of aliphatic hydroxyl groups excluding tert-OH is 1. The van der Waals surface area contributed by atoms with Gasteiger partial charge in [-0.05, 0) is 97.7 Å². The highest BCUT2D eigenvalue weighted by Crippen LogP contribution is 2.62. The van der Waals surface area contributed by atoms with Gasteiger partial charge in [0.05, 0.1) is 6.10 Å². The third-order valence-electron chi connectivity index (χ3n) is 11.4. The molecule has 0 aromatic carbocycles. The standard InChI is InChI=1S/C14H26O.C14H24O/c2*1-10(2)13-5-7-14(8-6-13,11(3)4)12(15)9-13/h10-12,15H,5-9H2,1-4H3;10-11H,5-9H2,1-4H3. The average molecular weight is 419 g/mol. The molecule has 6 aliphatic carbocycles. The van der Waals surface area contributed by atoms with Crippen LogP contribution in [0.2, 0.25) is 0 Å². The van der Waals surface area contributed by atoms with Crippen molar-refractivity contribution >= 4 is 5.78 Å². The minimum absolute atomic E-state index is 0.0394. The van der Waals surface area contributed by atoms with E-state index in [1.165, 1.54) is 38.5 Å². The van der Waals surface area contributed by atoms with Crippen molar-refractivity contribution in [1.29, 1.82) is 0 Å². The lowest BCUT2D eigenvalue weighted by molar-refractivity contribution is -0.152. The molecule has 1 atom stereocenters. The van der Waals surface area contributed by atoms with E-state index in [-0.39, 0.29) is 16.9 Å². The molecular formula is C28H50O2. The summed E-state index contributed by atoms with van der Waals surface area (Å²) in [5.41, 5.74) is 1.16. The highest BCUT2D eigenvalue weighted by atomic mass is 16.3. The monoisotopic (exact) mass is 418 g/mol. The number of carbonyl (C=O) groups excluding carboxylic acids is 1. The summed E-state index contributed by atoms with van der Waals surface area (Å²) < 4.78 is 0. The molecule has 0 amide bonds. The van der Waals surface area contributed by atoms with Gasteiger partial charge < -0.3 is 5.11 Å². The Morgan fingerprint density at radius 1 is 0.667 bits per heavy atom. The lowest BCUT2D eigenvalue weighted by atomic mass is 9.47. The quantitative estimate of drug-likeness (QED) is 0.515. The van der Waals surface area contributed by atoms with Gasteiger partial charge in [-0.2, -0.15) is 0 Å². The molecule has 1 N–H and O–H groups in total. The lowest BCUT2D eigenvalue weighted by Crippen LogP contribution is -2.55. The smallest absolute Gasteiger partial charge is 0.139 e. The number of rotatable bonds is 4. The van der Waals surface area contributed by atoms with Crippen LogP contribution in [0.1, 0.15) is 120 Å². The van der Waals surface area contributed by atoms with Gasteiger partial charge in [0.2, 0.25) is 0 Å². The van der Waals surface area contributed by atoms with Crippen molar-refractivity contribution in [3.05, 3.63) is 0 Å². The van der Waals surface area contributed by atoms with Gasteiger partial charge in [-0.3, -0.25) is 4.79 Å². The molecule has 6 saturated carbocycles. The molecular weight excluding hydrogens is 368 g/mol. The van der Waals surface area contributed by atoms with Crippen molar-refractivity contribution in [2.24, 2.45) is 45.3 Å². The van der Waals surface area contributed by atoms with Crippen LogP contribution in [0.15, 0.2) is 0 Å². The van der Waals surface area contributed by atoms with E-state index in [0.29, 0.717) is 34.4 Å². The second-order valence-corrected chi connectivity index (χ2v) is 13.1. The average Bonchev–Trinajstić information content (AvgIpc) is 2.69. The van der Waals surface area contributed by atoms with E-state index in [2.05, 4.69) is 55.4 Å². The number of aliphatic hydroxyl groups is 1. The number of hydrogen-bond acceptors (Lipinski definition) is 2. The van der Waals surface area contributed by atoms with Crippen LogP contribution in [-0.2, 0) is 4.79 Å². The molecule has 0 heterocycles. The zero-order chi connectivity index (χ0) is 22.5. The summed E-state index contributed by atoms with van der Waals surface area (Å²) in [6.07, 6.45) is 12.0. The molecule has 0 aromatic heterocycles. The minimum atomic E-state index is -0.0394. The van der Waals surface area contributed by atoms with Gasteiger partial charge in [0.25, 0.3) is 0 Å². The van der Waals surface area contributed by atoms with Gasteiger partial charge in [0.1, 0.15) is 5.78 Å². The van der Waals surface area contributed by atoms with Crippen LogP contribution in [0.3, 0.4) is 0 Å². The molecule has 174 valence electrons. The Hall–Kier alpha value is -0.370. The molecule has 0 radical (unpaired) electrons. The predicted octanol–water partition coefficient (Wildman–Crippen LogP) is 7.43. The summed E-state index contributed by atoms with van der Waals surface area (Å²) in [7, 11) is 0. The van der Waals surface area contributed by atoms with Crippen LogP contribution in [0.25, 0.3) is 0 Å². The molecule has 6 aliphatic rings. The van der Waals surface area contributed by atoms with E-state index in [1.54, 1.807) is 0 Å². The van der Waals surface area contributed by atoms with E-state index in [0.717, 1.165) is 31.6 Å². The summed E-state index contributed by atoms with van der Waals surface area (Å²) in [6.45, 7) is 18.3. The molecule has 1 unspecified atom stereocenters. The topological polar surface area (TPSA) is 37.3 Å². The van der Waals surface area contributed by atoms with Gasteiger partial charge >= 0.3 is 0 Å². The Bertz CT molecular complexity index is 611. The van der Waals surface area contributed by atoms with Crippen molar-refractivity contribution in [2.75, 3.05) is 0 Å². The molecule has 6 rings (SSSR count). The van der Waals surface area contributed by atoms with Crippen molar-refractivity contribution in [2.45, 2.75) is 126 Å². The van der Waals surface area contributed by atoms with Crippen LogP contribution >= 0.6 is 0 Å². The zero-order valence-corrected chi connectivity index (χ0v) is 21.3. The summed E-state index contributed by atoms with van der Waals surface area (Å²) in [5.74, 6) is 3.15. The maximum atomic E-state index is 12.3. The Balaban J connectivity index is 0.000000171. The van der Waals surface area contributed by atoms with E-state index in [9.17, 15) is 9.90 Å². The van der Waals surface area contributed by atoms with Gasteiger partial charge in [-0.1, -0.05) is 55.4 Å². The van der Waals surface area contributed by atoms with E-state index in [4.69, 9.17) is 0 Å². The molecule has 30 heavy (non-hydrogen) atoms. The molecule has 0 spiro atoms. The van der Waals surface area contributed by atoms with E-state index in [1.807, 2.05) is 0 Å². The molecule has 0 aliphatic heterocycles. The first kappa shape index (κ1) is 24.3. The van der Waals surface area contributed by atoms with Crippen LogP contribution in [0.4, 0.5) is 0 Å². The fourth-order valence-electron chi connectivity index (χ4n) is 7.94. The van der Waals surface area contributed by atoms with E-state index < -0.39 is 0 Å². The lowest BCUT2D eigenvalue weighted by Gasteiger charge is -2.59. The Kier molecular flexibility index (Phi) is 6.63. The first-order chi connectivity index (χ1) is 13.9. The minimum Gasteiger partial charge on any atom is -0.393 e. The fourth-order valence-corrected chi connectivity index (χ4v) is 7.94. The summed E-state index contributed by atoms with van der Waals surface area (Å²) in [5, 5.41) is 10.4.